The molecular formula is C47H67N3O12. The van der Waals surface area contributed by atoms with Crippen molar-refractivity contribution in [2.75, 3.05) is 45.9 Å². The Bertz CT molecular complexity index is 1880. The minimum Gasteiger partial charge on any atom is -0.463 e. The number of benzene rings is 1. The molecular weight excluding hydrogens is 799 g/mol. The van der Waals surface area contributed by atoms with E-state index < -0.39 is 60.2 Å². The van der Waals surface area contributed by atoms with Crippen molar-refractivity contribution in [1.29, 1.82) is 0 Å². The van der Waals surface area contributed by atoms with Crippen LogP contribution in [0.2, 0.25) is 0 Å². The molecule has 4 aliphatic rings. The summed E-state index contributed by atoms with van der Waals surface area (Å²) in [4.78, 5) is 70.5. The van der Waals surface area contributed by atoms with E-state index in [4.69, 9.17) is 38.2 Å². The summed E-state index contributed by atoms with van der Waals surface area (Å²) in [6.45, 7) is 21.4. The Morgan fingerprint density at radius 1 is 0.871 bits per heavy atom. The van der Waals surface area contributed by atoms with Gasteiger partial charge in [-0.05, 0) is 106 Å². The van der Waals surface area contributed by atoms with E-state index >= 15 is 0 Å². The highest BCUT2D eigenvalue weighted by atomic mass is 16.7. The van der Waals surface area contributed by atoms with E-state index in [0.717, 1.165) is 92.7 Å². The molecule has 342 valence electrons. The molecule has 3 saturated heterocycles. The quantitative estimate of drug-likeness (QED) is 0.155. The number of carbonyl (C=O) groups is 5. The Kier molecular flexibility index (Phi) is 16.4. The number of esters is 4. The summed E-state index contributed by atoms with van der Waals surface area (Å²) in [5.74, 6) is -2.34. The topological polar surface area (TPSA) is 169 Å². The second kappa shape index (κ2) is 21.1. The van der Waals surface area contributed by atoms with Gasteiger partial charge in [-0.15, -0.1) is 0 Å². The summed E-state index contributed by atoms with van der Waals surface area (Å²) in [6, 6.07) is 6.39. The number of hydrogen-bond donors (Lipinski definition) is 0. The lowest BCUT2D eigenvalue weighted by Crippen LogP contribution is -2.63. The van der Waals surface area contributed by atoms with Crippen molar-refractivity contribution < 1.29 is 57.1 Å². The molecule has 0 radical (unpaired) electrons. The van der Waals surface area contributed by atoms with E-state index in [1.54, 1.807) is 0 Å². The van der Waals surface area contributed by atoms with Crippen LogP contribution in [0.4, 0.5) is 4.79 Å². The Morgan fingerprint density at radius 3 is 2.06 bits per heavy atom. The monoisotopic (exact) mass is 865 g/mol. The average molecular weight is 866 g/mol. The SMILES string of the molecule is CC(=O)OC[C@H]1O[C@@H](OC2=NCC(C(C)C)=C2Cc2ccc(/C=C/CCN3CCC4(CC3)CCN(C(=O)OC(C)(C)C)CC4)cc2C)[C@H](OC(C)=O)[C@@H](OC(C)=O)[C@@H]1OC(C)=O. The molecule has 3 fully saturated rings. The largest absolute Gasteiger partial charge is 0.463 e. The van der Waals surface area contributed by atoms with Gasteiger partial charge < -0.3 is 43.0 Å². The number of carbonyl (C=O) groups excluding carboxylic acids is 5. The molecule has 1 aromatic rings. The third kappa shape index (κ3) is 13.4. The first-order chi connectivity index (χ1) is 29.2. The van der Waals surface area contributed by atoms with Crippen LogP contribution in [0.3, 0.4) is 0 Å². The van der Waals surface area contributed by atoms with Gasteiger partial charge in [0.05, 0.1) is 6.54 Å². The van der Waals surface area contributed by atoms with Crippen LogP contribution in [0, 0.1) is 18.3 Å². The number of rotatable bonds is 13. The van der Waals surface area contributed by atoms with Gasteiger partial charge in [-0.25, -0.2) is 9.79 Å². The predicted molar refractivity (Wildman–Crippen MR) is 231 cm³/mol. The molecule has 1 spiro atoms. The number of likely N-dealkylation sites (tertiary alicyclic amines) is 2. The highest BCUT2D eigenvalue weighted by Crippen LogP contribution is 2.41. The van der Waals surface area contributed by atoms with Crippen molar-refractivity contribution >= 4 is 41.9 Å². The van der Waals surface area contributed by atoms with E-state index in [9.17, 15) is 24.0 Å². The number of hydrogen-bond acceptors (Lipinski definition) is 14. The zero-order chi connectivity index (χ0) is 45.4. The van der Waals surface area contributed by atoms with E-state index in [1.807, 2.05) is 25.7 Å². The van der Waals surface area contributed by atoms with Gasteiger partial charge in [0.25, 0.3) is 0 Å². The highest BCUT2D eigenvalue weighted by molar-refractivity contribution is 5.97. The van der Waals surface area contributed by atoms with Gasteiger partial charge in [0, 0.05) is 59.3 Å². The maximum Gasteiger partial charge on any atom is 0.410 e. The van der Waals surface area contributed by atoms with Crippen molar-refractivity contribution in [3.05, 3.63) is 52.1 Å². The van der Waals surface area contributed by atoms with Crippen LogP contribution < -0.4 is 0 Å². The fourth-order valence-corrected chi connectivity index (χ4v) is 8.64. The molecule has 4 heterocycles. The van der Waals surface area contributed by atoms with Gasteiger partial charge in [-0.1, -0.05) is 44.2 Å². The zero-order valence-electron chi connectivity index (χ0n) is 38.3. The fraction of sp³-hybridized carbons (Fsp3) is 0.660. The molecule has 0 unspecified atom stereocenters. The van der Waals surface area contributed by atoms with Crippen LogP contribution in [-0.4, -0.2) is 128 Å². The van der Waals surface area contributed by atoms with E-state index in [1.165, 1.54) is 27.7 Å². The minimum absolute atomic E-state index is 0.135. The van der Waals surface area contributed by atoms with Gasteiger partial charge >= 0.3 is 30.0 Å². The highest BCUT2D eigenvalue weighted by Gasteiger charge is 2.54. The molecule has 15 heteroatoms. The molecule has 0 aromatic heterocycles. The molecule has 4 aliphatic heterocycles. The van der Waals surface area contributed by atoms with Crippen molar-refractivity contribution in [2.24, 2.45) is 16.3 Å². The molecule has 1 amide bonds. The van der Waals surface area contributed by atoms with E-state index in [-0.39, 0.29) is 24.5 Å². The Labute approximate surface area is 366 Å². The fourth-order valence-electron chi connectivity index (χ4n) is 8.64. The van der Waals surface area contributed by atoms with Gasteiger partial charge in [-0.2, -0.15) is 0 Å². The maximum absolute atomic E-state index is 12.6. The van der Waals surface area contributed by atoms with Crippen LogP contribution in [0.5, 0.6) is 0 Å². The molecule has 0 aliphatic carbocycles. The number of piperidine rings is 2. The normalized spacial score (nSPS) is 24.2. The van der Waals surface area contributed by atoms with Gasteiger partial charge in [0.1, 0.15) is 18.3 Å². The summed E-state index contributed by atoms with van der Waals surface area (Å²) in [5.41, 5.74) is 5.05. The van der Waals surface area contributed by atoms with Crippen LogP contribution in [0.1, 0.15) is 111 Å². The third-order valence-electron chi connectivity index (χ3n) is 12.0. The van der Waals surface area contributed by atoms with Crippen molar-refractivity contribution in [3.63, 3.8) is 0 Å². The summed E-state index contributed by atoms with van der Waals surface area (Å²) < 4.78 is 40.3. The summed E-state index contributed by atoms with van der Waals surface area (Å²) >= 11 is 0. The molecule has 0 N–H and O–H groups in total. The number of amides is 1. The molecule has 5 rings (SSSR count). The predicted octanol–water partition coefficient (Wildman–Crippen LogP) is 6.52. The second-order valence-electron chi connectivity index (χ2n) is 18.3. The van der Waals surface area contributed by atoms with Crippen LogP contribution in [-0.2, 0) is 58.8 Å². The number of aryl methyl sites for hydroxylation is 1. The Hall–Kier alpha value is -4.76. The lowest BCUT2D eigenvalue weighted by molar-refractivity contribution is -0.291. The first kappa shape index (κ1) is 48.3. The van der Waals surface area contributed by atoms with Crippen molar-refractivity contribution in [1.82, 2.24) is 9.80 Å². The van der Waals surface area contributed by atoms with Crippen molar-refractivity contribution in [2.45, 2.75) is 144 Å². The first-order valence-corrected chi connectivity index (χ1v) is 21.9. The smallest absolute Gasteiger partial charge is 0.410 e. The third-order valence-corrected chi connectivity index (χ3v) is 12.0. The second-order valence-corrected chi connectivity index (χ2v) is 18.3. The standard InChI is InChI=1S/C47H67N3O12/c1-29(2)38-27-48-43(61-44-42(59-34(7)54)41(58-33(6)53)40(57-32(5)52)39(60-44)28-56-31(4)51)37(38)26-36-15-14-35(25-30(36)3)13-11-12-20-49-21-16-47(17-22-49)18-23-50(24-19-47)45(55)62-46(8,9)10/h11,13-15,25,29,39-42,44H,12,16-24,26-28H2,1-10H3/b13-11+/t39-,40-,41+,42-,44+/m1/s1. The van der Waals surface area contributed by atoms with Crippen LogP contribution in [0.25, 0.3) is 6.08 Å². The van der Waals surface area contributed by atoms with Gasteiger partial charge in [0.2, 0.25) is 18.3 Å². The number of ether oxygens (including phenoxy) is 7. The lowest BCUT2D eigenvalue weighted by atomic mass is 9.71. The lowest BCUT2D eigenvalue weighted by Gasteiger charge is -2.46. The van der Waals surface area contributed by atoms with Gasteiger partial charge in [0.15, 0.2) is 12.2 Å². The molecule has 15 nitrogen and oxygen atoms in total. The Balaban J connectivity index is 1.21. The van der Waals surface area contributed by atoms with Gasteiger partial charge in [-0.3, -0.25) is 19.2 Å². The first-order valence-electron chi connectivity index (χ1n) is 21.9. The minimum atomic E-state index is -1.38. The van der Waals surface area contributed by atoms with E-state index in [2.05, 4.69) is 56.0 Å². The molecule has 1 aromatic carbocycles. The van der Waals surface area contributed by atoms with Crippen LogP contribution >= 0.6 is 0 Å². The number of nitrogens with zero attached hydrogens (tertiary/aromatic N) is 3. The molecule has 0 saturated carbocycles. The maximum atomic E-state index is 12.6. The van der Waals surface area contributed by atoms with E-state index in [0.29, 0.717) is 18.4 Å². The molecule has 0 bridgehead atoms. The summed E-state index contributed by atoms with van der Waals surface area (Å²) in [7, 11) is 0. The Morgan fingerprint density at radius 2 is 1.48 bits per heavy atom. The molecule has 62 heavy (non-hydrogen) atoms. The summed E-state index contributed by atoms with van der Waals surface area (Å²) in [6.07, 6.45) is 3.53. The molecule has 5 atom stereocenters. The number of aliphatic imine (C=N–C) groups is 1. The zero-order valence-corrected chi connectivity index (χ0v) is 38.3. The van der Waals surface area contributed by atoms with Crippen LogP contribution in [0.15, 0.2) is 40.4 Å². The summed E-state index contributed by atoms with van der Waals surface area (Å²) in [5, 5.41) is 0. The van der Waals surface area contributed by atoms with Crippen molar-refractivity contribution in [3.8, 4) is 0 Å². The average Bonchev–Trinajstić information content (AvgIpc) is 3.57.